The van der Waals surface area contributed by atoms with Crippen molar-refractivity contribution in [2.24, 2.45) is 0 Å². The van der Waals surface area contributed by atoms with Crippen molar-refractivity contribution in [1.82, 2.24) is 0 Å². The van der Waals surface area contributed by atoms with Crippen LogP contribution in [0.15, 0.2) is 52.9 Å². The van der Waals surface area contributed by atoms with Crippen LogP contribution in [0.1, 0.15) is 23.0 Å². The number of ether oxygens (including phenoxy) is 1. The summed E-state index contributed by atoms with van der Waals surface area (Å²) in [7, 11) is 0. The Morgan fingerprint density at radius 1 is 0.893 bits per heavy atom. The molecule has 0 saturated carbocycles. The van der Waals surface area contributed by atoms with Gasteiger partial charge in [0.05, 0.1) is 6.61 Å². The number of furan rings is 1. The summed E-state index contributed by atoms with van der Waals surface area (Å²) in [5.41, 5.74) is 1.86. The molecule has 1 aliphatic rings. The minimum absolute atomic E-state index is 0.113. The van der Waals surface area contributed by atoms with E-state index in [2.05, 4.69) is 0 Å². The van der Waals surface area contributed by atoms with E-state index in [9.17, 15) is 25.5 Å². The molecule has 28 heavy (non-hydrogen) atoms. The third-order valence-corrected chi connectivity index (χ3v) is 5.15. The molecule has 0 amide bonds. The normalized spacial score (nSPS) is 27.9. The van der Waals surface area contributed by atoms with E-state index in [1.54, 1.807) is 12.1 Å². The van der Waals surface area contributed by atoms with E-state index < -0.39 is 37.1 Å². The zero-order chi connectivity index (χ0) is 19.8. The zero-order valence-corrected chi connectivity index (χ0v) is 15.0. The van der Waals surface area contributed by atoms with Gasteiger partial charge in [-0.05, 0) is 29.8 Å². The Labute approximate surface area is 161 Å². The molecule has 0 aliphatic carbocycles. The summed E-state index contributed by atoms with van der Waals surface area (Å²) in [4.78, 5) is 0. The van der Waals surface area contributed by atoms with Crippen LogP contribution < -0.4 is 0 Å². The highest BCUT2D eigenvalue weighted by Crippen LogP contribution is 2.37. The lowest BCUT2D eigenvalue weighted by Crippen LogP contribution is -2.55. The molecular weight excluding hydrogens is 364 g/mol. The first-order valence-electron chi connectivity index (χ1n) is 9.07. The number of hydrogen-bond acceptors (Lipinski definition) is 7. The number of phenolic OH excluding ortho intramolecular Hbond substituents is 1. The van der Waals surface area contributed by atoms with Crippen molar-refractivity contribution < 1.29 is 34.7 Å². The van der Waals surface area contributed by atoms with Crippen LogP contribution >= 0.6 is 0 Å². The van der Waals surface area contributed by atoms with Gasteiger partial charge in [0.25, 0.3) is 0 Å². The highest BCUT2D eigenvalue weighted by molar-refractivity contribution is 5.77. The van der Waals surface area contributed by atoms with E-state index in [4.69, 9.17) is 9.15 Å². The average Bonchev–Trinajstić information content (AvgIpc) is 3.10. The molecule has 0 bridgehead atoms. The Morgan fingerprint density at radius 2 is 1.68 bits per heavy atom. The van der Waals surface area contributed by atoms with E-state index in [0.717, 1.165) is 22.3 Å². The van der Waals surface area contributed by atoms with Crippen molar-refractivity contribution in [3.63, 3.8) is 0 Å². The molecule has 2 aromatic carbocycles. The molecule has 1 aliphatic heterocycles. The average molecular weight is 386 g/mol. The van der Waals surface area contributed by atoms with Gasteiger partial charge >= 0.3 is 0 Å². The van der Waals surface area contributed by atoms with E-state index in [1.165, 1.54) is 6.07 Å². The molecule has 1 saturated heterocycles. The first-order valence-corrected chi connectivity index (χ1v) is 9.07. The number of hydrogen-bond donors (Lipinski definition) is 5. The highest BCUT2D eigenvalue weighted by atomic mass is 16.5. The molecule has 7 nitrogen and oxygen atoms in total. The van der Waals surface area contributed by atoms with Crippen LogP contribution in [0.25, 0.3) is 11.0 Å². The van der Waals surface area contributed by atoms with Crippen LogP contribution in [0.3, 0.4) is 0 Å². The summed E-state index contributed by atoms with van der Waals surface area (Å²) in [6.45, 7) is -0.527. The maximum Gasteiger partial charge on any atom is 0.134 e. The van der Waals surface area contributed by atoms with Crippen molar-refractivity contribution >= 4 is 11.0 Å². The summed E-state index contributed by atoms with van der Waals surface area (Å²) in [5, 5.41) is 50.9. The van der Waals surface area contributed by atoms with Gasteiger partial charge in [0.1, 0.15) is 47.6 Å². The summed E-state index contributed by atoms with van der Waals surface area (Å²) in [6.07, 6.45) is -6.08. The van der Waals surface area contributed by atoms with Crippen LogP contribution in [0.4, 0.5) is 0 Å². The van der Waals surface area contributed by atoms with E-state index >= 15 is 0 Å². The topological polar surface area (TPSA) is 124 Å². The van der Waals surface area contributed by atoms with Crippen LogP contribution in [-0.2, 0) is 11.2 Å². The molecule has 0 spiro atoms. The van der Waals surface area contributed by atoms with Gasteiger partial charge in [0.15, 0.2) is 0 Å². The lowest BCUT2D eigenvalue weighted by Gasteiger charge is -2.40. The van der Waals surface area contributed by atoms with Crippen LogP contribution in [0.2, 0.25) is 0 Å². The van der Waals surface area contributed by atoms with Gasteiger partial charge in [-0.1, -0.05) is 24.3 Å². The first kappa shape index (κ1) is 18.9. The van der Waals surface area contributed by atoms with Gasteiger partial charge in [-0.3, -0.25) is 0 Å². The SMILES string of the molecule is OC[C@H]1O[C@@H](c2cc(Cc3cc4ccccc4o3)ccc2O)[C@H](O)[C@@H](O)[C@@H]1O. The molecular formula is C21H22O7. The van der Waals surface area contributed by atoms with Gasteiger partial charge in [-0.15, -0.1) is 0 Å². The Morgan fingerprint density at radius 3 is 2.43 bits per heavy atom. The molecule has 4 rings (SSSR count). The third-order valence-electron chi connectivity index (χ3n) is 5.15. The molecule has 0 unspecified atom stereocenters. The number of para-hydroxylation sites is 1. The number of aliphatic hydroxyl groups is 4. The van der Waals surface area contributed by atoms with Crippen molar-refractivity contribution in [3.8, 4) is 5.75 Å². The number of phenols is 1. The van der Waals surface area contributed by atoms with Crippen molar-refractivity contribution in [2.75, 3.05) is 6.61 Å². The number of aliphatic hydroxyl groups excluding tert-OH is 4. The number of benzene rings is 2. The largest absolute Gasteiger partial charge is 0.508 e. The fraction of sp³-hybridized carbons (Fsp3) is 0.333. The minimum Gasteiger partial charge on any atom is -0.508 e. The second kappa shape index (κ2) is 7.54. The molecule has 7 heteroatoms. The van der Waals surface area contributed by atoms with Gasteiger partial charge in [0, 0.05) is 17.4 Å². The summed E-state index contributed by atoms with van der Waals surface area (Å²) >= 11 is 0. The van der Waals surface area contributed by atoms with Gasteiger partial charge < -0.3 is 34.7 Å². The minimum atomic E-state index is -1.51. The lowest BCUT2D eigenvalue weighted by atomic mass is 9.90. The van der Waals surface area contributed by atoms with Crippen molar-refractivity contribution in [3.05, 3.63) is 65.4 Å². The Bertz CT molecular complexity index is 931. The third kappa shape index (κ3) is 3.39. The lowest BCUT2D eigenvalue weighted by molar-refractivity contribution is -0.232. The molecule has 5 N–H and O–H groups in total. The fourth-order valence-corrected chi connectivity index (χ4v) is 3.63. The molecule has 1 aromatic heterocycles. The molecule has 3 aromatic rings. The summed E-state index contributed by atoms with van der Waals surface area (Å²) < 4.78 is 11.4. The Kier molecular flexibility index (Phi) is 5.09. The van der Waals surface area contributed by atoms with Crippen molar-refractivity contribution in [2.45, 2.75) is 36.9 Å². The number of fused-ring (bicyclic) bond motifs is 1. The quantitative estimate of drug-likeness (QED) is 0.457. The highest BCUT2D eigenvalue weighted by Gasteiger charge is 2.44. The summed E-state index contributed by atoms with van der Waals surface area (Å²) in [5.74, 6) is 0.629. The fourth-order valence-electron chi connectivity index (χ4n) is 3.63. The molecule has 2 heterocycles. The molecule has 148 valence electrons. The van der Waals surface area contributed by atoms with E-state index in [0.29, 0.717) is 6.42 Å². The predicted octanol–water partition coefficient (Wildman–Crippen LogP) is 1.24. The second-order valence-corrected chi connectivity index (χ2v) is 7.07. The molecule has 5 atom stereocenters. The molecule has 0 radical (unpaired) electrons. The van der Waals surface area contributed by atoms with Crippen LogP contribution in [0.5, 0.6) is 5.75 Å². The zero-order valence-electron chi connectivity index (χ0n) is 15.0. The van der Waals surface area contributed by atoms with Crippen LogP contribution in [0, 0.1) is 0 Å². The molecule has 1 fully saturated rings. The van der Waals surface area contributed by atoms with Gasteiger partial charge in [-0.2, -0.15) is 0 Å². The van der Waals surface area contributed by atoms with E-state index in [1.807, 2.05) is 30.3 Å². The first-order chi connectivity index (χ1) is 13.5. The Balaban J connectivity index is 1.63. The Hall–Kier alpha value is -2.42. The smallest absolute Gasteiger partial charge is 0.134 e. The predicted molar refractivity (Wildman–Crippen MR) is 99.8 cm³/mol. The maximum atomic E-state index is 10.3. The van der Waals surface area contributed by atoms with Gasteiger partial charge in [0.2, 0.25) is 0 Å². The standard InChI is InChI=1S/C21H22O7/c22-10-17-18(24)19(25)20(26)21(28-17)14-8-11(5-6-15(14)23)7-13-9-12-3-1-2-4-16(12)27-13/h1-6,8-9,17-26H,7,10H2/t17-,18-,19+,20-,21+/m1/s1. The van der Waals surface area contributed by atoms with Crippen molar-refractivity contribution in [1.29, 1.82) is 0 Å². The second-order valence-electron chi connectivity index (χ2n) is 7.07. The van der Waals surface area contributed by atoms with Crippen LogP contribution in [-0.4, -0.2) is 56.6 Å². The summed E-state index contributed by atoms with van der Waals surface area (Å²) in [6, 6.07) is 14.5. The monoisotopic (exact) mass is 386 g/mol. The number of rotatable bonds is 4. The number of aromatic hydroxyl groups is 1. The maximum absolute atomic E-state index is 10.3. The van der Waals surface area contributed by atoms with Gasteiger partial charge in [-0.25, -0.2) is 0 Å². The van der Waals surface area contributed by atoms with E-state index in [-0.39, 0.29) is 11.3 Å².